The second-order valence-corrected chi connectivity index (χ2v) is 12.6. The van der Waals surface area contributed by atoms with E-state index in [1.807, 2.05) is 29.5 Å². The van der Waals surface area contributed by atoms with E-state index in [4.69, 9.17) is 18.8 Å². The number of fused-ring (bicyclic) bond motifs is 1. The van der Waals surface area contributed by atoms with Crippen LogP contribution in [0.1, 0.15) is 28.8 Å². The summed E-state index contributed by atoms with van der Waals surface area (Å²) in [6.45, 7) is 0.926. The molecule has 0 spiro atoms. The van der Waals surface area contributed by atoms with Gasteiger partial charge in [0.15, 0.2) is 6.17 Å². The number of rotatable bonds is 8. The van der Waals surface area contributed by atoms with Gasteiger partial charge in [0, 0.05) is 25.4 Å². The molecule has 15 heteroatoms. The second kappa shape index (κ2) is 9.83. The molecule has 2 saturated carbocycles. The van der Waals surface area contributed by atoms with Crippen molar-refractivity contribution < 1.29 is 54.7 Å². The predicted molar refractivity (Wildman–Crippen MR) is 131 cm³/mol. The first-order valence-corrected chi connectivity index (χ1v) is 14.3. The highest BCUT2D eigenvalue weighted by Crippen LogP contribution is 2.59. The van der Waals surface area contributed by atoms with Crippen molar-refractivity contribution in [3.8, 4) is 0 Å². The lowest BCUT2D eigenvalue weighted by atomic mass is 9.78. The molecule has 7 atom stereocenters. The molecule has 2 aliphatic carbocycles. The molecule has 4 rings (SSSR count). The number of hydrogen-bond donors (Lipinski definition) is 1. The molecule has 3 aliphatic rings. The molecule has 0 amide bonds. The molecule has 1 heterocycles. The van der Waals surface area contributed by atoms with Crippen LogP contribution in [-0.4, -0.2) is 61.1 Å². The quantitative estimate of drug-likeness (QED) is 0.184. The van der Waals surface area contributed by atoms with Crippen LogP contribution in [0.2, 0.25) is 0 Å². The zero-order chi connectivity index (χ0) is 26.7. The number of esters is 3. The Hall–Kier alpha value is -1.21. The third kappa shape index (κ3) is 4.61. The summed E-state index contributed by atoms with van der Waals surface area (Å²) >= 11 is 4.16. The highest BCUT2D eigenvalue weighted by Gasteiger charge is 2.70. The third-order valence-corrected chi connectivity index (χ3v) is 10.4. The second-order valence-electron chi connectivity index (χ2n) is 8.88. The highest BCUT2D eigenvalue weighted by atomic mass is 127. The van der Waals surface area contributed by atoms with Gasteiger partial charge in [-0.1, -0.05) is 0 Å². The minimum Gasteiger partial charge on any atom is -0.465 e. The zero-order valence-electron chi connectivity index (χ0n) is 18.3. The summed E-state index contributed by atoms with van der Waals surface area (Å²) in [4.78, 5) is 38.2. The Kier molecular flexibility index (Phi) is 7.60. The fourth-order valence-corrected chi connectivity index (χ4v) is 7.26. The van der Waals surface area contributed by atoms with Crippen LogP contribution in [0.4, 0.5) is 13.2 Å². The molecule has 7 unspecified atom stereocenters. The summed E-state index contributed by atoms with van der Waals surface area (Å²) in [7, 11) is -6.00. The molecule has 1 aliphatic heterocycles. The van der Waals surface area contributed by atoms with Gasteiger partial charge in [-0.05, 0) is 76.2 Å². The zero-order valence-corrected chi connectivity index (χ0v) is 23.5. The van der Waals surface area contributed by atoms with Crippen LogP contribution in [0.25, 0.3) is 0 Å². The number of alkyl halides is 3. The summed E-state index contributed by atoms with van der Waals surface area (Å²) in [5.41, 5.74) is 1.20. The van der Waals surface area contributed by atoms with Crippen LogP contribution in [0, 0.1) is 37.7 Å². The van der Waals surface area contributed by atoms with E-state index in [2.05, 4.69) is 22.6 Å². The minimum atomic E-state index is -6.00. The molecule has 1 saturated heterocycles. The monoisotopic (exact) mass is 758 g/mol. The Labute approximate surface area is 230 Å². The van der Waals surface area contributed by atoms with Crippen molar-refractivity contribution in [3.05, 3.63) is 30.4 Å². The van der Waals surface area contributed by atoms with Crippen LogP contribution < -0.4 is 0 Å². The Morgan fingerprint density at radius 2 is 1.94 bits per heavy atom. The van der Waals surface area contributed by atoms with Gasteiger partial charge in [-0.2, -0.15) is 17.2 Å². The van der Waals surface area contributed by atoms with E-state index in [-0.39, 0.29) is 0 Å². The Balaban J connectivity index is 1.45. The van der Waals surface area contributed by atoms with Crippen LogP contribution in [0.3, 0.4) is 0 Å². The molecule has 36 heavy (non-hydrogen) atoms. The normalized spacial score (nSPS) is 29.7. The average molecular weight is 758 g/mol. The van der Waals surface area contributed by atoms with Crippen LogP contribution >= 0.6 is 45.2 Å². The number of carbonyl (C=O) groups excluding carboxylic acids is 3. The van der Waals surface area contributed by atoms with Gasteiger partial charge in [-0.15, -0.1) is 0 Å². The molecule has 1 aromatic carbocycles. The van der Waals surface area contributed by atoms with Crippen molar-refractivity contribution in [1.82, 2.24) is 0 Å². The van der Waals surface area contributed by atoms with Gasteiger partial charge in [0.2, 0.25) is 0 Å². The van der Waals surface area contributed by atoms with Crippen LogP contribution in [-0.2, 0) is 33.9 Å². The fraction of sp³-hybridized carbons (Fsp3) is 0.571. The maximum Gasteiger partial charge on any atom is 0.400 e. The van der Waals surface area contributed by atoms with E-state index in [1.54, 1.807) is 12.1 Å². The molecule has 1 N–H and O–H groups in total. The van der Waals surface area contributed by atoms with E-state index in [9.17, 15) is 36.0 Å². The van der Waals surface area contributed by atoms with E-state index >= 15 is 0 Å². The Bertz CT molecular complexity index is 1230. The molecular formula is C21H19F3I2O9S. The van der Waals surface area contributed by atoms with E-state index in [0.29, 0.717) is 15.6 Å². The van der Waals surface area contributed by atoms with Crippen molar-refractivity contribution in [2.75, 3.05) is 6.61 Å². The topological polar surface area (TPSA) is 133 Å². The summed E-state index contributed by atoms with van der Waals surface area (Å²) in [5, 5.41) is -5.07. The van der Waals surface area contributed by atoms with Gasteiger partial charge in [0.1, 0.15) is 12.2 Å². The lowest BCUT2D eigenvalue weighted by Gasteiger charge is -2.30. The third-order valence-electron chi connectivity index (χ3n) is 6.93. The number of benzene rings is 1. The molecule has 2 bridgehead atoms. The first-order chi connectivity index (χ1) is 16.7. The van der Waals surface area contributed by atoms with Crippen LogP contribution in [0.5, 0.6) is 0 Å². The molecule has 3 fully saturated rings. The number of halogens is 5. The molecule has 198 valence electrons. The van der Waals surface area contributed by atoms with Crippen molar-refractivity contribution in [3.63, 3.8) is 0 Å². The summed E-state index contributed by atoms with van der Waals surface area (Å²) in [6, 6.07) is 3.36. The van der Waals surface area contributed by atoms with Gasteiger partial charge < -0.3 is 14.2 Å². The van der Waals surface area contributed by atoms with Crippen molar-refractivity contribution in [2.24, 2.45) is 23.7 Å². The molecule has 0 radical (unpaired) electrons. The van der Waals surface area contributed by atoms with Crippen molar-refractivity contribution >= 4 is 73.2 Å². The number of hydrogen-bond acceptors (Lipinski definition) is 8. The van der Waals surface area contributed by atoms with E-state index < -0.39 is 88.4 Å². The summed E-state index contributed by atoms with van der Waals surface area (Å²) in [6.07, 6.45) is -5.87. The lowest BCUT2D eigenvalue weighted by Crippen LogP contribution is -2.44. The smallest absolute Gasteiger partial charge is 0.400 e. The number of carbonyl (C=O) groups is 3. The predicted octanol–water partition coefficient (Wildman–Crippen LogP) is 3.29. The van der Waals surface area contributed by atoms with Gasteiger partial charge in [0.05, 0.1) is 24.0 Å². The summed E-state index contributed by atoms with van der Waals surface area (Å²) < 4.78 is 87.9. The maximum atomic E-state index is 13.7. The Morgan fingerprint density at radius 3 is 2.58 bits per heavy atom. The molecular weight excluding hydrogens is 739 g/mol. The first-order valence-electron chi connectivity index (χ1n) is 10.7. The lowest BCUT2D eigenvalue weighted by molar-refractivity contribution is -0.157. The van der Waals surface area contributed by atoms with Gasteiger partial charge in [-0.3, -0.25) is 14.1 Å². The average Bonchev–Trinajstić information content (AvgIpc) is 3.40. The van der Waals surface area contributed by atoms with Crippen molar-refractivity contribution in [2.45, 2.75) is 43.4 Å². The Morgan fingerprint density at radius 1 is 1.28 bits per heavy atom. The SMILES string of the molecule is Cc1c(I)ccc(C(=O)OC2C3CC4C2OC(=O)C4C3C(=O)OCCC(F)C(F)(F)S(=O)(=O)O)c1I. The van der Waals surface area contributed by atoms with Gasteiger partial charge in [-0.25, -0.2) is 9.18 Å². The fourth-order valence-electron chi connectivity index (χ4n) is 5.16. The standard InChI is InChI=1S/C21H19F3I2O9S/c1-7-11(25)3-2-8(15(7)26)18(27)34-16-9-6-10-14(20(29)35-17(10)16)13(9)19(28)33-5-4-12(22)21(23,24)36(30,31)32/h2-3,9-10,12-14,16-17H,4-6H2,1H3,(H,30,31,32). The van der Waals surface area contributed by atoms with Gasteiger partial charge >= 0.3 is 33.3 Å². The van der Waals surface area contributed by atoms with Crippen molar-refractivity contribution in [1.29, 1.82) is 0 Å². The first kappa shape index (κ1) is 27.8. The molecule has 0 aromatic heterocycles. The molecule has 1 aromatic rings. The van der Waals surface area contributed by atoms with E-state index in [1.165, 1.54) is 0 Å². The summed E-state index contributed by atoms with van der Waals surface area (Å²) in [5.74, 6) is -5.35. The van der Waals surface area contributed by atoms with Gasteiger partial charge in [0.25, 0.3) is 0 Å². The number of ether oxygens (including phenoxy) is 3. The van der Waals surface area contributed by atoms with Crippen LogP contribution in [0.15, 0.2) is 12.1 Å². The minimum absolute atomic E-state index is 0.310. The van der Waals surface area contributed by atoms with E-state index in [0.717, 1.165) is 9.13 Å². The maximum absolute atomic E-state index is 13.7. The highest BCUT2D eigenvalue weighted by molar-refractivity contribution is 14.1. The molecule has 9 nitrogen and oxygen atoms in total. The largest absolute Gasteiger partial charge is 0.465 e.